The Balaban J connectivity index is 1.83. The van der Waals surface area contributed by atoms with Gasteiger partial charge in [0, 0.05) is 6.61 Å². The third kappa shape index (κ3) is 4.44. The van der Waals surface area contributed by atoms with E-state index in [1.807, 2.05) is 0 Å². The zero-order valence-electron chi connectivity index (χ0n) is 11.0. The van der Waals surface area contributed by atoms with Crippen molar-refractivity contribution in [2.75, 3.05) is 13.2 Å². The van der Waals surface area contributed by atoms with Crippen molar-refractivity contribution in [3.63, 3.8) is 0 Å². The fourth-order valence-corrected chi connectivity index (χ4v) is 3.33. The Bertz CT molecular complexity index is 555. The monoisotopic (exact) mass is 363 g/mol. The molecular formula is C13H18BrNO4S. The Labute approximate surface area is 127 Å². The summed E-state index contributed by atoms with van der Waals surface area (Å²) in [4.78, 5) is 0.0658. The molecule has 0 saturated carbocycles. The first-order valence-corrected chi connectivity index (χ1v) is 8.87. The van der Waals surface area contributed by atoms with Crippen LogP contribution < -0.4 is 9.88 Å². The number of sulfonamides is 1. The normalized spacial score (nSPS) is 19.2. The fourth-order valence-electron chi connectivity index (χ4n) is 2.14. The highest BCUT2D eigenvalue weighted by Gasteiger charge is 2.15. The number of hydrogen-bond acceptors (Lipinski definition) is 4. The molecule has 1 aliphatic rings. The number of nitrogens with two attached hydrogens (primary N) is 1. The molecule has 1 aromatic rings. The predicted molar refractivity (Wildman–Crippen MR) is 79.2 cm³/mol. The molecule has 0 aromatic heterocycles. The van der Waals surface area contributed by atoms with Crippen molar-refractivity contribution in [1.82, 2.24) is 0 Å². The molecular weight excluding hydrogens is 346 g/mol. The van der Waals surface area contributed by atoms with Crippen LogP contribution in [0.2, 0.25) is 0 Å². The summed E-state index contributed by atoms with van der Waals surface area (Å²) in [5, 5.41) is 5.06. The Morgan fingerprint density at radius 1 is 1.45 bits per heavy atom. The van der Waals surface area contributed by atoms with Gasteiger partial charge in [-0.25, -0.2) is 13.6 Å². The molecule has 112 valence electrons. The van der Waals surface area contributed by atoms with E-state index in [4.69, 9.17) is 14.6 Å². The highest BCUT2D eigenvalue weighted by atomic mass is 79.9. The lowest BCUT2D eigenvalue weighted by Gasteiger charge is -2.11. The zero-order chi connectivity index (χ0) is 14.6. The van der Waals surface area contributed by atoms with E-state index >= 15 is 0 Å². The molecule has 2 rings (SSSR count). The molecule has 5 nitrogen and oxygen atoms in total. The van der Waals surface area contributed by atoms with Crippen LogP contribution in [0, 0.1) is 0 Å². The number of ether oxygens (including phenoxy) is 2. The highest BCUT2D eigenvalue weighted by Crippen LogP contribution is 2.27. The molecule has 0 amide bonds. The van der Waals surface area contributed by atoms with Gasteiger partial charge in [-0.2, -0.15) is 0 Å². The second-order valence-electron chi connectivity index (χ2n) is 4.76. The van der Waals surface area contributed by atoms with Gasteiger partial charge in [-0.15, -0.1) is 0 Å². The van der Waals surface area contributed by atoms with Crippen LogP contribution >= 0.6 is 15.9 Å². The van der Waals surface area contributed by atoms with E-state index in [1.165, 1.54) is 12.1 Å². The summed E-state index contributed by atoms with van der Waals surface area (Å²) in [6.07, 6.45) is 4.55. The molecule has 0 radical (unpaired) electrons. The van der Waals surface area contributed by atoms with Crippen LogP contribution in [0.3, 0.4) is 0 Å². The summed E-state index contributed by atoms with van der Waals surface area (Å²) in [5.74, 6) is 0.616. The van der Waals surface area contributed by atoms with Crippen molar-refractivity contribution in [2.45, 2.75) is 36.7 Å². The number of benzene rings is 1. The Morgan fingerprint density at radius 3 is 2.85 bits per heavy atom. The lowest BCUT2D eigenvalue weighted by Crippen LogP contribution is -2.12. The van der Waals surface area contributed by atoms with Crippen molar-refractivity contribution in [3.8, 4) is 5.75 Å². The maximum atomic E-state index is 11.2. The van der Waals surface area contributed by atoms with E-state index in [0.717, 1.165) is 32.3 Å². The molecule has 0 bridgehead atoms. The largest absolute Gasteiger partial charge is 0.492 e. The van der Waals surface area contributed by atoms with Gasteiger partial charge in [0.15, 0.2) is 0 Å². The highest BCUT2D eigenvalue weighted by molar-refractivity contribution is 9.10. The SMILES string of the molecule is NS(=O)(=O)c1ccc(OCCCC2CCCO2)c(Br)c1. The van der Waals surface area contributed by atoms with Crippen molar-refractivity contribution in [1.29, 1.82) is 0 Å². The van der Waals surface area contributed by atoms with Crippen LogP contribution in [0.1, 0.15) is 25.7 Å². The molecule has 1 unspecified atom stereocenters. The van der Waals surface area contributed by atoms with Crippen LogP contribution in [-0.2, 0) is 14.8 Å². The summed E-state index contributed by atoms with van der Waals surface area (Å²) >= 11 is 3.29. The average molecular weight is 364 g/mol. The summed E-state index contributed by atoms with van der Waals surface area (Å²) in [6, 6.07) is 4.50. The summed E-state index contributed by atoms with van der Waals surface area (Å²) in [5.41, 5.74) is 0. The van der Waals surface area contributed by atoms with E-state index in [2.05, 4.69) is 15.9 Å². The molecule has 1 aliphatic heterocycles. The smallest absolute Gasteiger partial charge is 0.238 e. The summed E-state index contributed by atoms with van der Waals surface area (Å²) in [6.45, 7) is 1.44. The summed E-state index contributed by atoms with van der Waals surface area (Å²) < 4.78 is 34.2. The van der Waals surface area contributed by atoms with Gasteiger partial charge in [-0.3, -0.25) is 0 Å². The van der Waals surface area contributed by atoms with Gasteiger partial charge < -0.3 is 9.47 Å². The van der Waals surface area contributed by atoms with Crippen molar-refractivity contribution >= 4 is 26.0 Å². The second kappa shape index (κ2) is 6.89. The average Bonchev–Trinajstić information content (AvgIpc) is 2.88. The van der Waals surface area contributed by atoms with Crippen molar-refractivity contribution < 1.29 is 17.9 Å². The third-order valence-corrected chi connectivity index (χ3v) is 4.71. The minimum atomic E-state index is -3.68. The fraction of sp³-hybridized carbons (Fsp3) is 0.538. The van der Waals surface area contributed by atoms with Gasteiger partial charge >= 0.3 is 0 Å². The lowest BCUT2D eigenvalue weighted by atomic mass is 10.1. The molecule has 1 aromatic carbocycles. The number of primary sulfonamides is 1. The van der Waals surface area contributed by atoms with Crippen LogP contribution in [0.4, 0.5) is 0 Å². The topological polar surface area (TPSA) is 78.6 Å². The standard InChI is InChI=1S/C13H18BrNO4S/c14-12-9-11(20(15,16)17)5-6-13(12)19-8-2-4-10-3-1-7-18-10/h5-6,9-10H,1-4,7-8H2,(H2,15,16,17). The Kier molecular flexibility index (Phi) is 5.42. The van der Waals surface area contributed by atoms with Crippen LogP contribution in [0.15, 0.2) is 27.6 Å². The second-order valence-corrected chi connectivity index (χ2v) is 7.18. The van der Waals surface area contributed by atoms with Crippen LogP contribution in [0.5, 0.6) is 5.75 Å². The summed E-state index contributed by atoms with van der Waals surface area (Å²) in [7, 11) is -3.68. The zero-order valence-corrected chi connectivity index (χ0v) is 13.5. The molecule has 1 atom stereocenters. The number of rotatable bonds is 6. The van der Waals surface area contributed by atoms with Crippen molar-refractivity contribution in [2.24, 2.45) is 5.14 Å². The number of halogens is 1. The molecule has 2 N–H and O–H groups in total. The maximum absolute atomic E-state index is 11.2. The first-order chi connectivity index (χ1) is 9.47. The lowest BCUT2D eigenvalue weighted by molar-refractivity contribution is 0.0981. The molecule has 0 aliphatic carbocycles. The van der Waals surface area contributed by atoms with Gasteiger partial charge in [0.05, 0.1) is 22.1 Å². The quantitative estimate of drug-likeness (QED) is 0.787. The first kappa shape index (κ1) is 15.8. The van der Waals surface area contributed by atoms with E-state index < -0.39 is 10.0 Å². The van der Waals surface area contributed by atoms with E-state index in [0.29, 0.717) is 22.9 Å². The van der Waals surface area contributed by atoms with Gasteiger partial charge in [0.2, 0.25) is 10.0 Å². The van der Waals surface area contributed by atoms with Crippen LogP contribution in [0.25, 0.3) is 0 Å². The molecule has 20 heavy (non-hydrogen) atoms. The molecule has 1 saturated heterocycles. The minimum Gasteiger partial charge on any atom is -0.492 e. The van der Waals surface area contributed by atoms with Gasteiger partial charge in [0.1, 0.15) is 5.75 Å². The Morgan fingerprint density at radius 2 is 2.25 bits per heavy atom. The minimum absolute atomic E-state index is 0.0658. The predicted octanol–water partition coefficient (Wildman–Crippen LogP) is 2.43. The molecule has 7 heteroatoms. The van der Waals surface area contributed by atoms with Crippen molar-refractivity contribution in [3.05, 3.63) is 22.7 Å². The van der Waals surface area contributed by atoms with Gasteiger partial charge in [-0.1, -0.05) is 0 Å². The Hall–Kier alpha value is -0.630. The van der Waals surface area contributed by atoms with Crippen LogP contribution in [-0.4, -0.2) is 27.7 Å². The van der Waals surface area contributed by atoms with E-state index in [9.17, 15) is 8.42 Å². The third-order valence-electron chi connectivity index (χ3n) is 3.18. The first-order valence-electron chi connectivity index (χ1n) is 6.53. The molecule has 0 spiro atoms. The van der Waals surface area contributed by atoms with Gasteiger partial charge in [-0.05, 0) is 59.8 Å². The maximum Gasteiger partial charge on any atom is 0.238 e. The molecule has 1 fully saturated rings. The van der Waals surface area contributed by atoms with E-state index in [1.54, 1.807) is 6.07 Å². The molecule has 1 heterocycles. The number of hydrogen-bond donors (Lipinski definition) is 1. The van der Waals surface area contributed by atoms with E-state index in [-0.39, 0.29) is 4.90 Å². The van der Waals surface area contributed by atoms with Gasteiger partial charge in [0.25, 0.3) is 0 Å².